The van der Waals surface area contributed by atoms with Crippen LogP contribution in [0.4, 0.5) is 0 Å². The molecule has 0 saturated heterocycles. The van der Waals surface area contributed by atoms with Crippen LogP contribution < -0.4 is 10.1 Å². The molecule has 1 aromatic heterocycles. The zero-order valence-electron chi connectivity index (χ0n) is 12.9. The van der Waals surface area contributed by atoms with Crippen molar-refractivity contribution in [2.75, 3.05) is 7.11 Å². The molecule has 23 heavy (non-hydrogen) atoms. The van der Waals surface area contributed by atoms with Gasteiger partial charge in [0.05, 0.1) is 19.3 Å². The summed E-state index contributed by atoms with van der Waals surface area (Å²) in [6.45, 7) is 0. The minimum absolute atomic E-state index is 0.0499. The molecule has 1 atom stereocenters. The molecule has 7 nitrogen and oxygen atoms in total. The highest BCUT2D eigenvalue weighted by atomic mass is 16.5. The van der Waals surface area contributed by atoms with Crippen LogP contribution in [0.25, 0.3) is 0 Å². The third-order valence-corrected chi connectivity index (χ3v) is 4.14. The molecule has 0 radical (unpaired) electrons. The van der Waals surface area contributed by atoms with Crippen LogP contribution in [-0.4, -0.2) is 33.9 Å². The number of aryl methyl sites for hydroxylation is 1. The van der Waals surface area contributed by atoms with Crippen molar-refractivity contribution in [3.05, 3.63) is 46.8 Å². The van der Waals surface area contributed by atoms with Crippen LogP contribution in [0.3, 0.4) is 0 Å². The summed E-state index contributed by atoms with van der Waals surface area (Å²) in [5.41, 5.74) is 2.04. The number of carbonyl (C=O) groups is 2. The number of carbonyl (C=O) groups excluding carboxylic acids is 1. The molecular weight excluding hydrogens is 298 g/mol. The van der Waals surface area contributed by atoms with Gasteiger partial charge in [-0.25, -0.2) is 4.79 Å². The fourth-order valence-electron chi connectivity index (χ4n) is 3.05. The van der Waals surface area contributed by atoms with Crippen molar-refractivity contribution in [3.63, 3.8) is 0 Å². The van der Waals surface area contributed by atoms with E-state index in [4.69, 9.17) is 9.84 Å². The fourth-order valence-corrected chi connectivity index (χ4v) is 3.05. The maximum Gasteiger partial charge on any atom is 0.339 e. The average molecular weight is 315 g/mol. The monoisotopic (exact) mass is 315 g/mol. The third kappa shape index (κ3) is 2.54. The van der Waals surface area contributed by atoms with Gasteiger partial charge in [-0.05, 0) is 30.0 Å². The van der Waals surface area contributed by atoms with Crippen LogP contribution in [0.1, 0.15) is 44.4 Å². The number of carboxylic acids is 1. The van der Waals surface area contributed by atoms with Crippen molar-refractivity contribution < 1.29 is 19.4 Å². The molecule has 1 amide bonds. The van der Waals surface area contributed by atoms with Crippen molar-refractivity contribution in [1.82, 2.24) is 15.1 Å². The first-order valence-corrected chi connectivity index (χ1v) is 7.25. The Labute approximate surface area is 132 Å². The van der Waals surface area contributed by atoms with E-state index in [0.717, 1.165) is 29.7 Å². The van der Waals surface area contributed by atoms with Crippen molar-refractivity contribution in [2.45, 2.75) is 18.9 Å². The number of hydrogen-bond acceptors (Lipinski definition) is 4. The molecular formula is C16H17N3O4. The van der Waals surface area contributed by atoms with Gasteiger partial charge in [0.25, 0.3) is 5.91 Å². The van der Waals surface area contributed by atoms with E-state index in [1.54, 1.807) is 14.2 Å². The second-order valence-electron chi connectivity index (χ2n) is 5.43. The third-order valence-electron chi connectivity index (χ3n) is 4.14. The smallest absolute Gasteiger partial charge is 0.339 e. The van der Waals surface area contributed by atoms with Crippen LogP contribution in [-0.2, 0) is 13.5 Å². The molecule has 2 aromatic rings. The van der Waals surface area contributed by atoms with E-state index in [0.29, 0.717) is 0 Å². The molecule has 0 spiro atoms. The van der Waals surface area contributed by atoms with Crippen molar-refractivity contribution in [1.29, 1.82) is 0 Å². The number of methoxy groups -OCH3 is 1. The quantitative estimate of drug-likeness (QED) is 0.893. The van der Waals surface area contributed by atoms with Gasteiger partial charge in [-0.15, -0.1) is 0 Å². The lowest BCUT2D eigenvalue weighted by Gasteiger charge is -2.15. The van der Waals surface area contributed by atoms with Gasteiger partial charge in [-0.2, -0.15) is 5.10 Å². The van der Waals surface area contributed by atoms with Gasteiger partial charge in [0, 0.05) is 7.05 Å². The Morgan fingerprint density at radius 2 is 2.22 bits per heavy atom. The summed E-state index contributed by atoms with van der Waals surface area (Å²) in [4.78, 5) is 23.7. The van der Waals surface area contributed by atoms with E-state index in [-0.39, 0.29) is 17.3 Å². The summed E-state index contributed by atoms with van der Waals surface area (Å²) in [5, 5.41) is 15.9. The number of benzene rings is 1. The minimum Gasteiger partial charge on any atom is -0.496 e. The van der Waals surface area contributed by atoms with Crippen molar-refractivity contribution >= 4 is 11.9 Å². The Morgan fingerprint density at radius 1 is 1.43 bits per heavy atom. The standard InChI is InChI=1S/C16H17N3O4/c1-19-14(11(8-17-19)16(21)22)15(20)18-12-7-6-10-9(12)4-3-5-13(10)23-2/h3-5,8,12H,6-7H2,1-2H3,(H,18,20)(H,21,22). The van der Waals surface area contributed by atoms with E-state index in [1.807, 2.05) is 18.2 Å². The molecule has 3 rings (SSSR count). The second kappa shape index (κ2) is 5.75. The molecule has 1 heterocycles. The summed E-state index contributed by atoms with van der Waals surface area (Å²) in [6.07, 6.45) is 2.74. The zero-order chi connectivity index (χ0) is 16.6. The molecule has 1 aliphatic rings. The van der Waals surface area contributed by atoms with Gasteiger partial charge >= 0.3 is 5.97 Å². The van der Waals surface area contributed by atoms with E-state index >= 15 is 0 Å². The lowest BCUT2D eigenvalue weighted by Crippen LogP contribution is -2.30. The molecule has 7 heteroatoms. The molecule has 1 aliphatic carbocycles. The first-order valence-electron chi connectivity index (χ1n) is 7.25. The van der Waals surface area contributed by atoms with Crippen molar-refractivity contribution in [2.24, 2.45) is 7.05 Å². The number of fused-ring (bicyclic) bond motifs is 1. The number of nitrogens with one attached hydrogen (secondary N) is 1. The molecule has 0 bridgehead atoms. The Kier molecular flexibility index (Phi) is 3.77. The fraction of sp³-hybridized carbons (Fsp3) is 0.312. The van der Waals surface area contributed by atoms with E-state index in [1.165, 1.54) is 10.9 Å². The molecule has 0 aliphatic heterocycles. The molecule has 120 valence electrons. The maximum atomic E-state index is 12.5. The van der Waals surface area contributed by atoms with Crippen LogP contribution in [0.5, 0.6) is 5.75 Å². The highest BCUT2D eigenvalue weighted by molar-refractivity contribution is 6.03. The summed E-state index contributed by atoms with van der Waals surface area (Å²) in [7, 11) is 3.17. The predicted octanol–water partition coefficient (Wildman–Crippen LogP) is 1.54. The first kappa shape index (κ1) is 15.1. The van der Waals surface area contributed by atoms with Gasteiger partial charge in [0.2, 0.25) is 0 Å². The van der Waals surface area contributed by atoms with E-state index < -0.39 is 11.9 Å². The lowest BCUT2D eigenvalue weighted by molar-refractivity contribution is 0.0690. The summed E-state index contributed by atoms with van der Waals surface area (Å²) in [5.74, 6) is -0.800. The minimum atomic E-state index is -1.17. The molecule has 0 fully saturated rings. The highest BCUT2D eigenvalue weighted by Crippen LogP contribution is 2.36. The number of rotatable bonds is 4. The number of amides is 1. The SMILES string of the molecule is COc1cccc2c1CCC2NC(=O)c1c(C(=O)O)cnn1C. The maximum absolute atomic E-state index is 12.5. The normalized spacial score (nSPS) is 16.0. The topological polar surface area (TPSA) is 93.4 Å². The number of carboxylic acid groups (broad SMARTS) is 1. The van der Waals surface area contributed by atoms with Gasteiger partial charge < -0.3 is 15.2 Å². The summed E-state index contributed by atoms with van der Waals surface area (Å²) < 4.78 is 6.63. The number of ether oxygens (including phenoxy) is 1. The summed E-state index contributed by atoms with van der Waals surface area (Å²) in [6, 6.07) is 5.57. The average Bonchev–Trinajstić information content (AvgIpc) is 3.11. The van der Waals surface area contributed by atoms with Gasteiger partial charge in [-0.1, -0.05) is 12.1 Å². The molecule has 1 aromatic carbocycles. The first-order chi connectivity index (χ1) is 11.0. The highest BCUT2D eigenvalue weighted by Gasteiger charge is 2.29. The lowest BCUT2D eigenvalue weighted by atomic mass is 10.1. The number of nitrogens with zero attached hydrogens (tertiary/aromatic N) is 2. The molecule has 2 N–H and O–H groups in total. The van der Waals surface area contributed by atoms with Crippen LogP contribution in [0.2, 0.25) is 0 Å². The van der Waals surface area contributed by atoms with Crippen LogP contribution in [0.15, 0.2) is 24.4 Å². The Hall–Kier alpha value is -2.83. The predicted molar refractivity (Wildman–Crippen MR) is 81.7 cm³/mol. The van der Waals surface area contributed by atoms with Gasteiger partial charge in [0.15, 0.2) is 0 Å². The number of hydrogen-bond donors (Lipinski definition) is 2. The number of aromatic nitrogens is 2. The number of aromatic carboxylic acids is 1. The van der Waals surface area contributed by atoms with Crippen molar-refractivity contribution in [3.8, 4) is 5.75 Å². The largest absolute Gasteiger partial charge is 0.496 e. The van der Waals surface area contributed by atoms with Gasteiger partial charge in [0.1, 0.15) is 17.0 Å². The van der Waals surface area contributed by atoms with E-state index in [2.05, 4.69) is 10.4 Å². The Balaban J connectivity index is 1.87. The Morgan fingerprint density at radius 3 is 2.91 bits per heavy atom. The van der Waals surface area contributed by atoms with E-state index in [9.17, 15) is 9.59 Å². The summed E-state index contributed by atoms with van der Waals surface area (Å²) >= 11 is 0. The van der Waals surface area contributed by atoms with Crippen LogP contribution >= 0.6 is 0 Å². The van der Waals surface area contributed by atoms with Gasteiger partial charge in [-0.3, -0.25) is 9.48 Å². The molecule has 0 saturated carbocycles. The Bertz CT molecular complexity index is 782. The zero-order valence-corrected chi connectivity index (χ0v) is 12.9. The van der Waals surface area contributed by atoms with Crippen LogP contribution in [0, 0.1) is 0 Å². The molecule has 1 unspecified atom stereocenters. The second-order valence-corrected chi connectivity index (χ2v) is 5.43.